The van der Waals surface area contributed by atoms with Gasteiger partial charge in [0.25, 0.3) is 0 Å². The Bertz CT molecular complexity index is 731. The summed E-state index contributed by atoms with van der Waals surface area (Å²) in [6, 6.07) is 10.3. The number of thiazole rings is 1. The van der Waals surface area contributed by atoms with E-state index in [1.54, 1.807) is 0 Å². The van der Waals surface area contributed by atoms with Crippen molar-refractivity contribution in [3.05, 3.63) is 40.8 Å². The Morgan fingerprint density at radius 3 is 2.94 bits per heavy atom. The van der Waals surface area contributed by atoms with Crippen LogP contribution in [0.15, 0.2) is 35.8 Å². The number of hydrogen-bond acceptors (Lipinski definition) is 3. The first-order valence-electron chi connectivity index (χ1n) is 5.19. The monoisotopic (exact) mass is 239 g/mol. The van der Waals surface area contributed by atoms with Gasteiger partial charge in [-0.05, 0) is 6.07 Å². The second-order valence-electron chi connectivity index (χ2n) is 3.82. The molecule has 4 heteroatoms. The van der Waals surface area contributed by atoms with Gasteiger partial charge in [-0.2, -0.15) is 5.26 Å². The predicted molar refractivity (Wildman–Crippen MR) is 68.7 cm³/mol. The number of rotatable bonds is 1. The number of para-hydroxylation sites is 1. The van der Waals surface area contributed by atoms with Crippen LogP contribution in [0.2, 0.25) is 0 Å². The highest BCUT2D eigenvalue weighted by molar-refractivity contribution is 7.10. The molecule has 0 saturated carbocycles. The van der Waals surface area contributed by atoms with Gasteiger partial charge < -0.3 is 4.57 Å². The fourth-order valence-corrected chi connectivity index (χ4v) is 2.60. The van der Waals surface area contributed by atoms with Crippen LogP contribution in [-0.4, -0.2) is 9.55 Å². The van der Waals surface area contributed by atoms with Crippen LogP contribution in [0.25, 0.3) is 22.2 Å². The Morgan fingerprint density at radius 1 is 1.35 bits per heavy atom. The fraction of sp³-hybridized carbons (Fsp3) is 0.0769. The molecule has 3 rings (SSSR count). The van der Waals surface area contributed by atoms with Crippen molar-refractivity contribution >= 4 is 22.2 Å². The Labute approximate surface area is 103 Å². The summed E-state index contributed by atoms with van der Waals surface area (Å²) in [6.07, 6.45) is 2.06. The summed E-state index contributed by atoms with van der Waals surface area (Å²) in [5.41, 5.74) is 3.14. The summed E-state index contributed by atoms with van der Waals surface area (Å²) in [5.74, 6) is 0. The molecule has 0 N–H and O–H groups in total. The lowest BCUT2D eigenvalue weighted by molar-refractivity contribution is 0.969. The van der Waals surface area contributed by atoms with E-state index in [0.717, 1.165) is 11.3 Å². The van der Waals surface area contributed by atoms with Crippen LogP contribution in [0.1, 0.15) is 5.01 Å². The van der Waals surface area contributed by atoms with Crippen LogP contribution in [0.3, 0.4) is 0 Å². The molecular weight excluding hydrogens is 230 g/mol. The molecule has 0 aliphatic rings. The first kappa shape index (κ1) is 10.1. The molecule has 2 aromatic heterocycles. The van der Waals surface area contributed by atoms with Gasteiger partial charge in [0.2, 0.25) is 0 Å². The molecule has 0 bridgehead atoms. The van der Waals surface area contributed by atoms with Crippen molar-refractivity contribution in [2.45, 2.75) is 0 Å². The van der Waals surface area contributed by atoms with Crippen molar-refractivity contribution in [3.8, 4) is 17.3 Å². The average molecular weight is 239 g/mol. The summed E-state index contributed by atoms with van der Waals surface area (Å²) in [4.78, 5) is 4.31. The highest BCUT2D eigenvalue weighted by Gasteiger charge is 2.10. The van der Waals surface area contributed by atoms with Crippen LogP contribution in [-0.2, 0) is 7.05 Å². The molecule has 3 aromatic rings. The van der Waals surface area contributed by atoms with E-state index in [9.17, 15) is 0 Å². The molecule has 0 radical (unpaired) electrons. The van der Waals surface area contributed by atoms with Gasteiger partial charge in [-0.15, -0.1) is 11.3 Å². The van der Waals surface area contributed by atoms with E-state index in [0.29, 0.717) is 5.01 Å². The van der Waals surface area contributed by atoms with Crippen molar-refractivity contribution in [2.24, 2.45) is 7.05 Å². The molecule has 0 unspecified atom stereocenters. The molecule has 17 heavy (non-hydrogen) atoms. The summed E-state index contributed by atoms with van der Waals surface area (Å²) in [5, 5.41) is 12.4. The highest BCUT2D eigenvalue weighted by Crippen LogP contribution is 2.30. The van der Waals surface area contributed by atoms with Gasteiger partial charge in [0, 0.05) is 35.1 Å². The number of nitrogens with zero attached hydrogens (tertiary/aromatic N) is 3. The van der Waals surface area contributed by atoms with Crippen molar-refractivity contribution in [1.82, 2.24) is 9.55 Å². The third-order valence-electron chi connectivity index (χ3n) is 2.77. The number of hydrogen-bond donors (Lipinski definition) is 0. The van der Waals surface area contributed by atoms with E-state index in [1.807, 2.05) is 24.6 Å². The highest BCUT2D eigenvalue weighted by atomic mass is 32.1. The van der Waals surface area contributed by atoms with Gasteiger partial charge >= 0.3 is 0 Å². The molecule has 0 atom stereocenters. The lowest BCUT2D eigenvalue weighted by Gasteiger charge is -1.93. The molecule has 0 aliphatic heterocycles. The second kappa shape index (κ2) is 3.72. The first-order chi connectivity index (χ1) is 8.29. The largest absolute Gasteiger partial charge is 0.350 e. The molecule has 0 spiro atoms. The summed E-state index contributed by atoms with van der Waals surface area (Å²) >= 11 is 1.38. The van der Waals surface area contributed by atoms with Crippen molar-refractivity contribution in [1.29, 1.82) is 5.26 Å². The summed E-state index contributed by atoms with van der Waals surface area (Å²) in [7, 11) is 2.02. The minimum absolute atomic E-state index is 0.507. The molecule has 3 nitrogen and oxygen atoms in total. The van der Waals surface area contributed by atoms with Crippen LogP contribution < -0.4 is 0 Å². The zero-order valence-electron chi connectivity index (χ0n) is 9.21. The molecule has 0 saturated heterocycles. The standard InChI is InChI=1S/C13H9N3S/c1-16-7-10(9-4-2-3-5-12(9)16)11-8-17-13(6-14)15-11/h2-5,7-8H,1H3. The summed E-state index contributed by atoms with van der Waals surface area (Å²) < 4.78 is 2.08. The minimum Gasteiger partial charge on any atom is -0.350 e. The lowest BCUT2D eigenvalue weighted by atomic mass is 10.1. The number of aryl methyl sites for hydroxylation is 1. The maximum absolute atomic E-state index is 8.81. The molecular formula is C13H9N3S. The third-order valence-corrected chi connectivity index (χ3v) is 3.52. The number of benzene rings is 1. The van der Waals surface area contributed by atoms with Crippen molar-refractivity contribution in [2.75, 3.05) is 0 Å². The molecule has 0 aliphatic carbocycles. The van der Waals surface area contributed by atoms with E-state index in [1.165, 1.54) is 22.2 Å². The number of aromatic nitrogens is 2. The third kappa shape index (κ3) is 1.52. The number of nitriles is 1. The number of fused-ring (bicyclic) bond motifs is 1. The second-order valence-corrected chi connectivity index (χ2v) is 4.68. The topological polar surface area (TPSA) is 41.6 Å². The van der Waals surface area contributed by atoms with Crippen LogP contribution in [0, 0.1) is 11.3 Å². The molecule has 2 heterocycles. The Balaban J connectivity index is 2.27. The van der Waals surface area contributed by atoms with Crippen LogP contribution in [0.5, 0.6) is 0 Å². The predicted octanol–water partition coefficient (Wildman–Crippen LogP) is 3.17. The quantitative estimate of drug-likeness (QED) is 0.654. The van der Waals surface area contributed by atoms with E-state index in [2.05, 4.69) is 33.9 Å². The van der Waals surface area contributed by atoms with Crippen molar-refractivity contribution in [3.63, 3.8) is 0 Å². The van der Waals surface area contributed by atoms with Gasteiger partial charge in [-0.3, -0.25) is 0 Å². The molecule has 0 fully saturated rings. The van der Waals surface area contributed by atoms with E-state index >= 15 is 0 Å². The van der Waals surface area contributed by atoms with Crippen molar-refractivity contribution < 1.29 is 0 Å². The SMILES string of the molecule is Cn1cc(-c2csc(C#N)n2)c2ccccc21. The normalized spacial score (nSPS) is 10.6. The average Bonchev–Trinajstić information content (AvgIpc) is 2.95. The van der Waals surface area contributed by atoms with E-state index < -0.39 is 0 Å². The van der Waals surface area contributed by atoms with Crippen LogP contribution >= 0.6 is 11.3 Å². The smallest absolute Gasteiger partial charge is 0.194 e. The summed E-state index contributed by atoms with van der Waals surface area (Å²) in [6.45, 7) is 0. The van der Waals surface area contributed by atoms with Gasteiger partial charge in [-0.1, -0.05) is 18.2 Å². The van der Waals surface area contributed by atoms with Gasteiger partial charge in [0.1, 0.15) is 6.07 Å². The zero-order valence-corrected chi connectivity index (χ0v) is 10.0. The maximum Gasteiger partial charge on any atom is 0.194 e. The van der Waals surface area contributed by atoms with Crippen LogP contribution in [0.4, 0.5) is 0 Å². The lowest BCUT2D eigenvalue weighted by Crippen LogP contribution is -1.81. The van der Waals surface area contributed by atoms with E-state index in [-0.39, 0.29) is 0 Å². The molecule has 0 amide bonds. The maximum atomic E-state index is 8.81. The zero-order chi connectivity index (χ0) is 11.8. The first-order valence-corrected chi connectivity index (χ1v) is 6.07. The Hall–Kier alpha value is -2.12. The van der Waals surface area contributed by atoms with E-state index in [4.69, 9.17) is 5.26 Å². The Morgan fingerprint density at radius 2 is 2.18 bits per heavy atom. The Kier molecular flexibility index (Phi) is 2.20. The molecule has 1 aromatic carbocycles. The van der Waals surface area contributed by atoms with Gasteiger partial charge in [-0.25, -0.2) is 4.98 Å². The van der Waals surface area contributed by atoms with Gasteiger partial charge in [0.05, 0.1) is 5.69 Å². The molecule has 82 valence electrons. The van der Waals surface area contributed by atoms with Gasteiger partial charge in [0.15, 0.2) is 5.01 Å². The fourth-order valence-electron chi connectivity index (χ4n) is 1.99. The minimum atomic E-state index is 0.507.